The molecule has 0 radical (unpaired) electrons. The van der Waals surface area contributed by atoms with Gasteiger partial charge in [0.05, 0.1) is 25.2 Å². The summed E-state index contributed by atoms with van der Waals surface area (Å²) in [6.07, 6.45) is 2.59. The van der Waals surface area contributed by atoms with Crippen LogP contribution in [0.25, 0.3) is 0 Å². The van der Waals surface area contributed by atoms with Gasteiger partial charge in [0.2, 0.25) is 0 Å². The smallest absolute Gasteiger partial charge is 0.169 e. The van der Waals surface area contributed by atoms with E-state index in [1.165, 1.54) is 5.56 Å². The van der Waals surface area contributed by atoms with Crippen LogP contribution in [-0.2, 0) is 21.3 Å². The van der Waals surface area contributed by atoms with Crippen molar-refractivity contribution in [1.82, 2.24) is 0 Å². The fraction of sp³-hybridized carbons (Fsp3) is 0.571. The van der Waals surface area contributed by atoms with Crippen molar-refractivity contribution in [1.29, 1.82) is 0 Å². The number of hydrogen-bond donors (Lipinski definition) is 1. The van der Waals surface area contributed by atoms with Gasteiger partial charge in [-0.25, -0.2) is 0 Å². The molecule has 0 aromatic heterocycles. The van der Waals surface area contributed by atoms with Gasteiger partial charge in [-0.05, 0) is 42.5 Å². The van der Waals surface area contributed by atoms with Gasteiger partial charge in [0.15, 0.2) is 6.29 Å². The molecule has 1 aliphatic carbocycles. The largest absolute Gasteiger partial charge is 0.395 e. The van der Waals surface area contributed by atoms with Gasteiger partial charge in [-0.1, -0.05) is 17.7 Å². The van der Waals surface area contributed by atoms with Gasteiger partial charge < -0.3 is 14.6 Å². The maximum absolute atomic E-state index is 9.93. The Kier molecular flexibility index (Phi) is 3.32. The molecule has 4 heteroatoms. The summed E-state index contributed by atoms with van der Waals surface area (Å²) in [5.74, 6) is 0. The van der Waals surface area contributed by atoms with Crippen molar-refractivity contribution in [3.8, 4) is 0 Å². The number of aryl methyl sites for hydroxylation is 1. The minimum Gasteiger partial charge on any atom is -0.395 e. The van der Waals surface area contributed by atoms with Crippen molar-refractivity contribution < 1.29 is 14.6 Å². The summed E-state index contributed by atoms with van der Waals surface area (Å²) in [5, 5.41) is 10.7. The molecule has 1 aromatic rings. The fourth-order valence-electron chi connectivity index (χ4n) is 3.14. The average molecular weight is 269 g/mol. The van der Waals surface area contributed by atoms with Crippen LogP contribution in [0.3, 0.4) is 0 Å². The summed E-state index contributed by atoms with van der Waals surface area (Å²) in [6.45, 7) is 1.26. The van der Waals surface area contributed by atoms with Crippen LogP contribution in [0.1, 0.15) is 24.0 Å². The highest BCUT2D eigenvalue weighted by atomic mass is 35.5. The highest BCUT2D eigenvalue weighted by Gasteiger charge is 2.46. The van der Waals surface area contributed by atoms with E-state index < -0.39 is 5.41 Å². The van der Waals surface area contributed by atoms with Gasteiger partial charge in [-0.15, -0.1) is 0 Å². The van der Waals surface area contributed by atoms with E-state index in [0.717, 1.165) is 29.8 Å². The van der Waals surface area contributed by atoms with Crippen molar-refractivity contribution in [2.75, 3.05) is 19.8 Å². The summed E-state index contributed by atoms with van der Waals surface area (Å²) in [4.78, 5) is 0. The first-order valence-electron chi connectivity index (χ1n) is 6.39. The zero-order chi connectivity index (χ0) is 12.6. The van der Waals surface area contributed by atoms with Crippen LogP contribution >= 0.6 is 11.6 Å². The van der Waals surface area contributed by atoms with Crippen LogP contribution in [0, 0.1) is 0 Å². The van der Waals surface area contributed by atoms with Gasteiger partial charge in [-0.2, -0.15) is 0 Å². The SMILES string of the molecule is OC[C@@]1(C2OCCO2)CCCc2cc(Cl)ccc21. The van der Waals surface area contributed by atoms with Crippen LogP contribution in [0.15, 0.2) is 18.2 Å². The molecule has 3 nitrogen and oxygen atoms in total. The molecule has 1 fully saturated rings. The second kappa shape index (κ2) is 4.82. The Hall–Kier alpha value is -0.610. The first-order valence-corrected chi connectivity index (χ1v) is 6.77. The van der Waals surface area contributed by atoms with Gasteiger partial charge in [0.25, 0.3) is 0 Å². The third-order valence-electron chi connectivity index (χ3n) is 4.03. The van der Waals surface area contributed by atoms with E-state index in [1.54, 1.807) is 0 Å². The summed E-state index contributed by atoms with van der Waals surface area (Å²) in [6, 6.07) is 5.89. The zero-order valence-electron chi connectivity index (χ0n) is 10.2. The van der Waals surface area contributed by atoms with Crippen molar-refractivity contribution in [3.05, 3.63) is 34.3 Å². The van der Waals surface area contributed by atoms with Crippen LogP contribution in [-0.4, -0.2) is 31.2 Å². The summed E-state index contributed by atoms with van der Waals surface area (Å²) < 4.78 is 11.3. The number of aliphatic hydroxyl groups is 1. The first kappa shape index (κ1) is 12.4. The predicted octanol–water partition coefficient (Wildman–Crippen LogP) is 2.28. The Labute approximate surface area is 112 Å². The molecular weight excluding hydrogens is 252 g/mol. The summed E-state index contributed by atoms with van der Waals surface area (Å²) >= 11 is 6.05. The number of fused-ring (bicyclic) bond motifs is 1. The normalized spacial score (nSPS) is 28.3. The van der Waals surface area contributed by atoms with Gasteiger partial charge in [0, 0.05) is 5.02 Å². The molecule has 1 N–H and O–H groups in total. The van der Waals surface area contributed by atoms with Gasteiger partial charge >= 0.3 is 0 Å². The molecule has 0 unspecified atom stereocenters. The molecule has 0 spiro atoms. The van der Waals surface area contributed by atoms with Gasteiger partial charge in [0.1, 0.15) is 0 Å². The van der Waals surface area contributed by atoms with E-state index in [4.69, 9.17) is 21.1 Å². The van der Waals surface area contributed by atoms with Crippen molar-refractivity contribution >= 4 is 11.6 Å². The fourth-order valence-corrected chi connectivity index (χ4v) is 3.34. The number of halogens is 1. The molecule has 1 heterocycles. The lowest BCUT2D eigenvalue weighted by molar-refractivity contribution is -0.119. The van der Waals surface area contributed by atoms with E-state index in [0.29, 0.717) is 13.2 Å². The van der Waals surface area contributed by atoms with Gasteiger partial charge in [-0.3, -0.25) is 0 Å². The number of aliphatic hydroxyl groups excluding tert-OH is 1. The minimum atomic E-state index is -0.422. The maximum atomic E-state index is 9.93. The Bertz CT molecular complexity index is 443. The Morgan fingerprint density at radius 3 is 2.83 bits per heavy atom. The molecule has 0 amide bonds. The first-order chi connectivity index (χ1) is 8.76. The quantitative estimate of drug-likeness (QED) is 0.894. The minimum absolute atomic E-state index is 0.0479. The van der Waals surface area contributed by atoms with Crippen molar-refractivity contribution in [3.63, 3.8) is 0 Å². The Morgan fingerprint density at radius 1 is 1.33 bits per heavy atom. The summed E-state index contributed by atoms with van der Waals surface area (Å²) in [7, 11) is 0. The molecule has 1 aliphatic heterocycles. The van der Waals surface area contributed by atoms with E-state index in [2.05, 4.69) is 0 Å². The number of hydrogen-bond acceptors (Lipinski definition) is 3. The lowest BCUT2D eigenvalue weighted by Crippen LogP contribution is -2.46. The second-order valence-electron chi connectivity index (χ2n) is 5.04. The molecule has 2 aliphatic rings. The lowest BCUT2D eigenvalue weighted by atomic mass is 9.70. The maximum Gasteiger partial charge on any atom is 0.169 e. The predicted molar refractivity (Wildman–Crippen MR) is 68.8 cm³/mol. The molecule has 1 atom stereocenters. The number of benzene rings is 1. The lowest BCUT2D eigenvalue weighted by Gasteiger charge is -2.40. The molecule has 1 aromatic carbocycles. The molecule has 0 saturated carbocycles. The van der Waals surface area contributed by atoms with E-state index >= 15 is 0 Å². The summed E-state index contributed by atoms with van der Waals surface area (Å²) in [5.41, 5.74) is 1.92. The average Bonchev–Trinajstić information content (AvgIpc) is 2.91. The monoisotopic (exact) mass is 268 g/mol. The molecule has 3 rings (SSSR count). The Morgan fingerprint density at radius 2 is 2.11 bits per heavy atom. The zero-order valence-corrected chi connectivity index (χ0v) is 10.9. The molecular formula is C14H17ClO3. The van der Waals surface area contributed by atoms with Crippen molar-refractivity contribution in [2.45, 2.75) is 31.0 Å². The third-order valence-corrected chi connectivity index (χ3v) is 4.26. The van der Waals surface area contributed by atoms with E-state index in [9.17, 15) is 5.11 Å². The Balaban J connectivity index is 2.06. The topological polar surface area (TPSA) is 38.7 Å². The van der Waals surface area contributed by atoms with Crippen molar-refractivity contribution in [2.24, 2.45) is 0 Å². The van der Waals surface area contributed by atoms with Crippen LogP contribution in [0.2, 0.25) is 5.02 Å². The molecule has 18 heavy (non-hydrogen) atoms. The standard InChI is InChI=1S/C14H17ClO3/c15-11-3-4-12-10(8-11)2-1-5-14(12,9-16)13-17-6-7-18-13/h3-4,8,13,16H,1-2,5-7,9H2/t14-/m0/s1. The third kappa shape index (κ3) is 1.86. The highest BCUT2D eigenvalue weighted by molar-refractivity contribution is 6.30. The molecule has 0 bridgehead atoms. The number of rotatable bonds is 2. The molecule has 98 valence electrons. The molecule has 1 saturated heterocycles. The van der Waals surface area contributed by atoms with E-state index in [-0.39, 0.29) is 12.9 Å². The van der Waals surface area contributed by atoms with Crippen LogP contribution in [0.4, 0.5) is 0 Å². The van der Waals surface area contributed by atoms with E-state index in [1.807, 2.05) is 18.2 Å². The number of ether oxygens (including phenoxy) is 2. The van der Waals surface area contributed by atoms with Crippen LogP contribution < -0.4 is 0 Å². The second-order valence-corrected chi connectivity index (χ2v) is 5.48. The van der Waals surface area contributed by atoms with Crippen LogP contribution in [0.5, 0.6) is 0 Å². The highest BCUT2D eigenvalue weighted by Crippen LogP contribution is 2.43.